The van der Waals surface area contributed by atoms with E-state index in [-0.39, 0.29) is 0 Å². The molecular formula is C14H29ClO2. The van der Waals surface area contributed by atoms with Crippen LogP contribution >= 0.6 is 11.6 Å². The van der Waals surface area contributed by atoms with Crippen LogP contribution in [0.2, 0.25) is 0 Å². The molecule has 0 amide bonds. The first-order valence-electron chi connectivity index (χ1n) is 7.13. The van der Waals surface area contributed by atoms with Crippen molar-refractivity contribution in [1.82, 2.24) is 0 Å². The lowest BCUT2D eigenvalue weighted by molar-refractivity contribution is 0.0449. The fourth-order valence-corrected chi connectivity index (χ4v) is 1.79. The predicted molar refractivity (Wildman–Crippen MR) is 75.0 cm³/mol. The summed E-state index contributed by atoms with van der Waals surface area (Å²) in [7, 11) is 0. The highest BCUT2D eigenvalue weighted by molar-refractivity contribution is 6.17. The van der Waals surface area contributed by atoms with E-state index in [1.165, 1.54) is 38.5 Å². The Bertz CT molecular complexity index is 117. The molecule has 0 heterocycles. The molecule has 0 atom stereocenters. The van der Waals surface area contributed by atoms with E-state index in [0.29, 0.717) is 0 Å². The molecule has 0 N–H and O–H groups in total. The highest BCUT2D eigenvalue weighted by Crippen LogP contribution is 2.01. The van der Waals surface area contributed by atoms with E-state index in [1.807, 2.05) is 0 Å². The summed E-state index contributed by atoms with van der Waals surface area (Å²) in [6, 6.07) is 0. The van der Waals surface area contributed by atoms with Gasteiger partial charge in [-0.15, -0.1) is 11.6 Å². The third kappa shape index (κ3) is 16.2. The highest BCUT2D eigenvalue weighted by Gasteiger charge is 1.92. The van der Waals surface area contributed by atoms with E-state index < -0.39 is 0 Å². The van der Waals surface area contributed by atoms with Gasteiger partial charge in [-0.05, 0) is 19.3 Å². The first-order chi connectivity index (χ1) is 8.41. The van der Waals surface area contributed by atoms with Gasteiger partial charge in [-0.1, -0.05) is 39.0 Å². The van der Waals surface area contributed by atoms with Crippen LogP contribution in [-0.2, 0) is 9.47 Å². The van der Waals surface area contributed by atoms with Crippen molar-refractivity contribution in [2.24, 2.45) is 0 Å². The maximum absolute atomic E-state index is 5.60. The Kier molecular flexibility index (Phi) is 16.4. The largest absolute Gasteiger partial charge is 0.379 e. The average molecular weight is 265 g/mol. The van der Waals surface area contributed by atoms with Crippen molar-refractivity contribution in [3.8, 4) is 0 Å². The van der Waals surface area contributed by atoms with Gasteiger partial charge in [0.15, 0.2) is 0 Å². The minimum atomic E-state index is 0.739. The molecule has 0 bridgehead atoms. The Labute approximate surface area is 112 Å². The zero-order valence-corrected chi connectivity index (χ0v) is 12.1. The summed E-state index contributed by atoms with van der Waals surface area (Å²) < 4.78 is 11.0. The van der Waals surface area contributed by atoms with Gasteiger partial charge >= 0.3 is 0 Å². The molecule has 0 saturated carbocycles. The van der Waals surface area contributed by atoms with Crippen LogP contribution in [0.15, 0.2) is 0 Å². The van der Waals surface area contributed by atoms with Crippen LogP contribution in [0.3, 0.4) is 0 Å². The van der Waals surface area contributed by atoms with Crippen molar-refractivity contribution >= 4 is 11.6 Å². The van der Waals surface area contributed by atoms with Crippen molar-refractivity contribution in [1.29, 1.82) is 0 Å². The van der Waals surface area contributed by atoms with Gasteiger partial charge in [-0.25, -0.2) is 0 Å². The predicted octanol–water partition coefficient (Wildman–Crippen LogP) is 4.40. The fraction of sp³-hybridized carbons (Fsp3) is 1.00. The van der Waals surface area contributed by atoms with E-state index in [2.05, 4.69) is 6.92 Å². The molecule has 2 nitrogen and oxygen atoms in total. The first-order valence-corrected chi connectivity index (χ1v) is 7.66. The number of halogens is 1. The van der Waals surface area contributed by atoms with Crippen LogP contribution in [0.1, 0.15) is 58.3 Å². The second-order valence-electron chi connectivity index (χ2n) is 4.39. The maximum Gasteiger partial charge on any atom is 0.0700 e. The van der Waals surface area contributed by atoms with E-state index >= 15 is 0 Å². The van der Waals surface area contributed by atoms with Crippen LogP contribution in [0.4, 0.5) is 0 Å². The van der Waals surface area contributed by atoms with E-state index in [0.717, 1.165) is 45.1 Å². The molecule has 0 unspecified atom stereocenters. The van der Waals surface area contributed by atoms with Gasteiger partial charge in [-0.2, -0.15) is 0 Å². The monoisotopic (exact) mass is 264 g/mol. The van der Waals surface area contributed by atoms with E-state index in [1.54, 1.807) is 0 Å². The lowest BCUT2D eigenvalue weighted by Crippen LogP contribution is -2.06. The van der Waals surface area contributed by atoms with E-state index in [4.69, 9.17) is 21.1 Å². The molecule has 0 aromatic carbocycles. The summed E-state index contributed by atoms with van der Waals surface area (Å²) in [6.07, 6.45) is 9.81. The Morgan fingerprint density at radius 2 is 1.18 bits per heavy atom. The Morgan fingerprint density at radius 3 is 1.71 bits per heavy atom. The smallest absolute Gasteiger partial charge is 0.0700 e. The van der Waals surface area contributed by atoms with Gasteiger partial charge < -0.3 is 9.47 Å². The SMILES string of the molecule is CCCCCCOCCOCCCCCCCl. The summed E-state index contributed by atoms with van der Waals surface area (Å²) in [4.78, 5) is 0. The molecule has 0 rings (SSSR count). The Morgan fingerprint density at radius 1 is 0.647 bits per heavy atom. The van der Waals surface area contributed by atoms with Crippen molar-refractivity contribution in [2.45, 2.75) is 58.3 Å². The Hall–Kier alpha value is 0.210. The van der Waals surface area contributed by atoms with Gasteiger partial charge in [0.1, 0.15) is 0 Å². The summed E-state index contributed by atoms with van der Waals surface area (Å²) in [5.74, 6) is 0.784. The van der Waals surface area contributed by atoms with Crippen molar-refractivity contribution in [2.75, 3.05) is 32.3 Å². The molecule has 0 aromatic heterocycles. The molecule has 3 heteroatoms. The van der Waals surface area contributed by atoms with Crippen LogP contribution in [0, 0.1) is 0 Å². The van der Waals surface area contributed by atoms with Gasteiger partial charge in [0.2, 0.25) is 0 Å². The van der Waals surface area contributed by atoms with Crippen molar-refractivity contribution < 1.29 is 9.47 Å². The molecular weight excluding hydrogens is 236 g/mol. The van der Waals surface area contributed by atoms with Gasteiger partial charge in [-0.3, -0.25) is 0 Å². The topological polar surface area (TPSA) is 18.5 Å². The second kappa shape index (κ2) is 16.2. The number of rotatable bonds is 14. The molecule has 104 valence electrons. The Balaban J connectivity index is 2.85. The summed E-state index contributed by atoms with van der Waals surface area (Å²) in [5, 5.41) is 0. The molecule has 0 aliphatic carbocycles. The standard InChI is InChI=1S/C14H29ClO2/c1-2-3-4-8-11-16-13-14-17-12-9-6-5-7-10-15/h2-14H2,1H3. The minimum absolute atomic E-state index is 0.739. The third-order valence-corrected chi connectivity index (χ3v) is 2.95. The molecule has 0 radical (unpaired) electrons. The zero-order valence-electron chi connectivity index (χ0n) is 11.4. The lowest BCUT2D eigenvalue weighted by Gasteiger charge is -2.05. The molecule has 0 spiro atoms. The number of hydrogen-bond donors (Lipinski definition) is 0. The van der Waals surface area contributed by atoms with Crippen molar-refractivity contribution in [3.63, 3.8) is 0 Å². The number of unbranched alkanes of at least 4 members (excludes halogenated alkanes) is 6. The summed E-state index contributed by atoms with van der Waals surface area (Å²) in [6.45, 7) is 5.46. The number of ether oxygens (including phenoxy) is 2. The van der Waals surface area contributed by atoms with Gasteiger partial charge in [0.25, 0.3) is 0 Å². The second-order valence-corrected chi connectivity index (χ2v) is 4.77. The van der Waals surface area contributed by atoms with E-state index in [9.17, 15) is 0 Å². The summed E-state index contributed by atoms with van der Waals surface area (Å²) >= 11 is 5.60. The molecule has 0 aliphatic rings. The minimum Gasteiger partial charge on any atom is -0.379 e. The maximum atomic E-state index is 5.60. The lowest BCUT2D eigenvalue weighted by atomic mass is 10.2. The first kappa shape index (κ1) is 17.2. The molecule has 0 saturated heterocycles. The van der Waals surface area contributed by atoms with Crippen LogP contribution in [0.25, 0.3) is 0 Å². The number of alkyl halides is 1. The van der Waals surface area contributed by atoms with Gasteiger partial charge in [0.05, 0.1) is 13.2 Å². The molecule has 0 aromatic rings. The van der Waals surface area contributed by atoms with Crippen molar-refractivity contribution in [3.05, 3.63) is 0 Å². The number of hydrogen-bond acceptors (Lipinski definition) is 2. The fourth-order valence-electron chi connectivity index (χ4n) is 1.61. The van der Waals surface area contributed by atoms with Gasteiger partial charge in [0, 0.05) is 19.1 Å². The third-order valence-electron chi connectivity index (χ3n) is 2.69. The average Bonchev–Trinajstić information content (AvgIpc) is 2.35. The normalized spacial score (nSPS) is 10.9. The van der Waals surface area contributed by atoms with Crippen LogP contribution in [0.5, 0.6) is 0 Å². The highest BCUT2D eigenvalue weighted by atomic mass is 35.5. The quantitative estimate of drug-likeness (QED) is 0.342. The molecule has 17 heavy (non-hydrogen) atoms. The van der Waals surface area contributed by atoms with Crippen LogP contribution < -0.4 is 0 Å². The van der Waals surface area contributed by atoms with Crippen LogP contribution in [-0.4, -0.2) is 32.3 Å². The molecule has 0 aliphatic heterocycles. The molecule has 0 fully saturated rings. The zero-order chi connectivity index (χ0) is 12.6. The summed E-state index contributed by atoms with van der Waals surface area (Å²) in [5.41, 5.74) is 0.